The Morgan fingerprint density at radius 2 is 1.95 bits per heavy atom. The molecule has 0 aromatic heterocycles. The summed E-state index contributed by atoms with van der Waals surface area (Å²) in [5.41, 5.74) is 2.70. The van der Waals surface area contributed by atoms with Crippen molar-refractivity contribution in [3.63, 3.8) is 0 Å². The Kier molecular flexibility index (Phi) is 5.60. The van der Waals surface area contributed by atoms with Crippen molar-refractivity contribution in [2.24, 2.45) is 5.92 Å². The van der Waals surface area contributed by atoms with E-state index in [0.29, 0.717) is 6.61 Å². The lowest BCUT2D eigenvalue weighted by Gasteiger charge is -2.31. The monoisotopic (exact) mass is 275 g/mol. The lowest BCUT2D eigenvalue weighted by atomic mass is 9.97. The molecule has 2 rings (SSSR count). The lowest BCUT2D eigenvalue weighted by molar-refractivity contribution is -0.150. The quantitative estimate of drug-likeness (QED) is 0.774. The highest BCUT2D eigenvalue weighted by Gasteiger charge is 2.26. The van der Waals surface area contributed by atoms with E-state index in [0.717, 1.165) is 38.9 Å². The summed E-state index contributed by atoms with van der Waals surface area (Å²) in [5, 5.41) is 0. The Bertz CT molecular complexity index is 427. The summed E-state index contributed by atoms with van der Waals surface area (Å²) in [5.74, 6) is 0.0251. The van der Waals surface area contributed by atoms with Crippen LogP contribution in [0.15, 0.2) is 24.3 Å². The van der Waals surface area contributed by atoms with Gasteiger partial charge < -0.3 is 4.74 Å². The van der Waals surface area contributed by atoms with Crippen molar-refractivity contribution in [2.45, 2.75) is 39.7 Å². The molecular formula is C17H25NO2. The summed E-state index contributed by atoms with van der Waals surface area (Å²) < 4.78 is 5.14. The molecule has 1 saturated heterocycles. The molecule has 0 spiro atoms. The first-order valence-corrected chi connectivity index (χ1v) is 7.69. The first-order chi connectivity index (χ1) is 9.72. The van der Waals surface area contributed by atoms with Gasteiger partial charge in [-0.3, -0.25) is 9.69 Å². The zero-order chi connectivity index (χ0) is 14.4. The van der Waals surface area contributed by atoms with Crippen molar-refractivity contribution in [3.8, 4) is 0 Å². The number of rotatable bonds is 5. The van der Waals surface area contributed by atoms with Gasteiger partial charge in [-0.2, -0.15) is 0 Å². The van der Waals surface area contributed by atoms with Crippen LogP contribution in [0.3, 0.4) is 0 Å². The van der Waals surface area contributed by atoms with Crippen LogP contribution in [0.4, 0.5) is 0 Å². The van der Waals surface area contributed by atoms with Gasteiger partial charge in [0, 0.05) is 13.1 Å². The molecule has 20 heavy (non-hydrogen) atoms. The number of benzene rings is 1. The molecule has 1 aliphatic rings. The van der Waals surface area contributed by atoms with Crippen LogP contribution in [-0.2, 0) is 22.5 Å². The van der Waals surface area contributed by atoms with Crippen LogP contribution in [0, 0.1) is 5.92 Å². The molecule has 1 heterocycles. The molecule has 0 aliphatic carbocycles. The molecule has 1 atom stereocenters. The molecule has 3 nitrogen and oxygen atoms in total. The van der Waals surface area contributed by atoms with E-state index in [4.69, 9.17) is 4.74 Å². The van der Waals surface area contributed by atoms with E-state index in [2.05, 4.69) is 36.1 Å². The second kappa shape index (κ2) is 7.44. The number of carbonyl (C=O) groups is 1. The number of hydrogen-bond donors (Lipinski definition) is 0. The van der Waals surface area contributed by atoms with Crippen LogP contribution in [-0.4, -0.2) is 30.6 Å². The van der Waals surface area contributed by atoms with Gasteiger partial charge in [0.15, 0.2) is 0 Å². The highest BCUT2D eigenvalue weighted by atomic mass is 16.5. The van der Waals surface area contributed by atoms with Crippen LogP contribution >= 0.6 is 0 Å². The van der Waals surface area contributed by atoms with Gasteiger partial charge >= 0.3 is 5.97 Å². The third-order valence-corrected chi connectivity index (χ3v) is 3.96. The van der Waals surface area contributed by atoms with Gasteiger partial charge in [-0.15, -0.1) is 0 Å². The van der Waals surface area contributed by atoms with Gasteiger partial charge in [0.05, 0.1) is 12.5 Å². The zero-order valence-corrected chi connectivity index (χ0v) is 12.6. The average Bonchev–Trinajstić information content (AvgIpc) is 2.48. The van der Waals surface area contributed by atoms with E-state index in [9.17, 15) is 4.79 Å². The molecule has 110 valence electrons. The molecule has 3 heteroatoms. The molecule has 0 amide bonds. The maximum absolute atomic E-state index is 11.8. The fraction of sp³-hybridized carbons (Fsp3) is 0.588. The number of aryl methyl sites for hydroxylation is 1. The van der Waals surface area contributed by atoms with Crippen molar-refractivity contribution >= 4 is 5.97 Å². The van der Waals surface area contributed by atoms with Gasteiger partial charge in [-0.05, 0) is 43.9 Å². The Balaban J connectivity index is 1.90. The van der Waals surface area contributed by atoms with E-state index in [1.165, 1.54) is 11.1 Å². The molecule has 1 aromatic rings. The van der Waals surface area contributed by atoms with Crippen molar-refractivity contribution < 1.29 is 9.53 Å². The van der Waals surface area contributed by atoms with Gasteiger partial charge in [-0.1, -0.05) is 31.2 Å². The van der Waals surface area contributed by atoms with Gasteiger partial charge in [0.25, 0.3) is 0 Å². The van der Waals surface area contributed by atoms with Crippen LogP contribution in [0.2, 0.25) is 0 Å². The van der Waals surface area contributed by atoms with Crippen molar-refractivity contribution in [1.82, 2.24) is 4.90 Å². The van der Waals surface area contributed by atoms with Crippen molar-refractivity contribution in [1.29, 1.82) is 0 Å². The summed E-state index contributed by atoms with van der Waals surface area (Å²) in [6.45, 7) is 7.35. The predicted octanol–water partition coefficient (Wildman–Crippen LogP) is 3.02. The minimum atomic E-state index is -0.0291. The topological polar surface area (TPSA) is 29.5 Å². The number of hydrogen-bond acceptors (Lipinski definition) is 3. The third kappa shape index (κ3) is 4.07. The van der Waals surface area contributed by atoms with E-state index in [1.54, 1.807) is 0 Å². The standard InChI is InChI=1S/C17H25NO2/c1-3-14-7-9-15(10-8-14)12-18-11-5-6-16(13-18)17(19)20-4-2/h7-10,16H,3-6,11-13H2,1-2H3/t16-/m1/s1. The molecule has 0 radical (unpaired) electrons. The highest BCUT2D eigenvalue weighted by Crippen LogP contribution is 2.20. The third-order valence-electron chi connectivity index (χ3n) is 3.96. The number of nitrogens with zero attached hydrogens (tertiary/aromatic N) is 1. The molecule has 0 N–H and O–H groups in total. The average molecular weight is 275 g/mol. The van der Waals surface area contributed by atoms with Crippen molar-refractivity contribution in [3.05, 3.63) is 35.4 Å². The lowest BCUT2D eigenvalue weighted by Crippen LogP contribution is -2.38. The van der Waals surface area contributed by atoms with Crippen LogP contribution in [0.1, 0.15) is 37.8 Å². The minimum absolute atomic E-state index is 0.0291. The summed E-state index contributed by atoms with van der Waals surface area (Å²) in [6.07, 6.45) is 3.12. The summed E-state index contributed by atoms with van der Waals surface area (Å²) in [7, 11) is 0. The summed E-state index contributed by atoms with van der Waals surface area (Å²) >= 11 is 0. The van der Waals surface area contributed by atoms with E-state index < -0.39 is 0 Å². The van der Waals surface area contributed by atoms with Crippen LogP contribution in [0.5, 0.6) is 0 Å². The van der Waals surface area contributed by atoms with E-state index in [1.807, 2.05) is 6.92 Å². The van der Waals surface area contributed by atoms with Crippen LogP contribution < -0.4 is 0 Å². The Labute approximate surface area is 121 Å². The molecule has 0 saturated carbocycles. The van der Waals surface area contributed by atoms with Gasteiger partial charge in [0.1, 0.15) is 0 Å². The molecule has 1 aromatic carbocycles. The Morgan fingerprint density at radius 3 is 2.60 bits per heavy atom. The number of piperidine rings is 1. The SMILES string of the molecule is CCOC(=O)[C@@H]1CCCN(Cc2ccc(CC)cc2)C1. The maximum atomic E-state index is 11.8. The van der Waals surface area contributed by atoms with E-state index in [-0.39, 0.29) is 11.9 Å². The smallest absolute Gasteiger partial charge is 0.310 e. The largest absolute Gasteiger partial charge is 0.466 e. The van der Waals surface area contributed by atoms with Crippen LogP contribution in [0.25, 0.3) is 0 Å². The maximum Gasteiger partial charge on any atom is 0.310 e. The van der Waals surface area contributed by atoms with Gasteiger partial charge in [-0.25, -0.2) is 0 Å². The summed E-state index contributed by atoms with van der Waals surface area (Å²) in [6, 6.07) is 8.80. The summed E-state index contributed by atoms with van der Waals surface area (Å²) in [4.78, 5) is 14.2. The highest BCUT2D eigenvalue weighted by molar-refractivity contribution is 5.72. The number of carbonyl (C=O) groups excluding carboxylic acids is 1. The fourth-order valence-electron chi connectivity index (χ4n) is 2.79. The molecular weight excluding hydrogens is 250 g/mol. The fourth-order valence-corrected chi connectivity index (χ4v) is 2.79. The Hall–Kier alpha value is -1.35. The zero-order valence-electron chi connectivity index (χ0n) is 12.6. The molecule has 1 fully saturated rings. The van der Waals surface area contributed by atoms with E-state index >= 15 is 0 Å². The second-order valence-corrected chi connectivity index (χ2v) is 5.50. The number of ether oxygens (including phenoxy) is 1. The Morgan fingerprint density at radius 1 is 1.25 bits per heavy atom. The normalized spacial score (nSPS) is 19.8. The number of esters is 1. The van der Waals surface area contributed by atoms with Gasteiger partial charge in [0.2, 0.25) is 0 Å². The minimum Gasteiger partial charge on any atom is -0.466 e. The predicted molar refractivity (Wildman–Crippen MR) is 80.5 cm³/mol. The second-order valence-electron chi connectivity index (χ2n) is 5.50. The molecule has 1 aliphatic heterocycles. The molecule has 0 bridgehead atoms. The molecule has 0 unspecified atom stereocenters. The van der Waals surface area contributed by atoms with Crippen molar-refractivity contribution in [2.75, 3.05) is 19.7 Å². The first kappa shape index (κ1) is 15.0. The number of likely N-dealkylation sites (tertiary alicyclic amines) is 1. The first-order valence-electron chi connectivity index (χ1n) is 7.69.